The molecule has 0 saturated heterocycles. The van der Waals surface area contributed by atoms with Crippen LogP contribution in [0.4, 0.5) is 0 Å². The van der Waals surface area contributed by atoms with Crippen LogP contribution in [0, 0.1) is 0 Å². The summed E-state index contributed by atoms with van der Waals surface area (Å²) >= 11 is 0. The minimum absolute atomic E-state index is 0.198. The van der Waals surface area contributed by atoms with Crippen molar-refractivity contribution in [2.75, 3.05) is 6.54 Å². The van der Waals surface area contributed by atoms with Gasteiger partial charge in [0.15, 0.2) is 0 Å². The fourth-order valence-corrected chi connectivity index (χ4v) is 2.66. The number of benzene rings is 2. The molecule has 0 aromatic heterocycles. The Hall–Kier alpha value is -2.66. The van der Waals surface area contributed by atoms with Gasteiger partial charge in [0.25, 0.3) is 5.91 Å². The van der Waals surface area contributed by atoms with Gasteiger partial charge >= 0.3 is 0 Å². The lowest BCUT2D eigenvalue weighted by molar-refractivity contribution is 0.0419. The van der Waals surface area contributed by atoms with Gasteiger partial charge < -0.3 is 15.7 Å². The SMILES string of the molecule is CCN(C(=O)c1ccc(C(N)=O)cc1)[C@@H](C)[C@H](O)c1ccccc1. The predicted octanol–water partition coefficient (Wildman–Crippen LogP) is 2.37. The topological polar surface area (TPSA) is 83.6 Å². The van der Waals surface area contributed by atoms with Crippen molar-refractivity contribution in [3.63, 3.8) is 0 Å². The number of likely N-dealkylation sites (N-methyl/N-ethyl adjacent to an activating group) is 1. The van der Waals surface area contributed by atoms with Crippen molar-refractivity contribution >= 4 is 11.8 Å². The number of nitrogens with two attached hydrogens (primary N) is 1. The van der Waals surface area contributed by atoms with Gasteiger partial charge in [-0.3, -0.25) is 9.59 Å². The number of hydrogen-bond donors (Lipinski definition) is 2. The molecule has 5 heteroatoms. The molecule has 2 aromatic rings. The molecule has 0 aliphatic rings. The van der Waals surface area contributed by atoms with Crippen LogP contribution in [-0.2, 0) is 0 Å². The Kier molecular flexibility index (Phi) is 5.71. The second kappa shape index (κ2) is 7.75. The molecular formula is C19H22N2O3. The van der Waals surface area contributed by atoms with Crippen molar-refractivity contribution in [1.29, 1.82) is 0 Å². The number of rotatable bonds is 6. The van der Waals surface area contributed by atoms with Crippen LogP contribution >= 0.6 is 0 Å². The van der Waals surface area contributed by atoms with Crippen LogP contribution in [0.1, 0.15) is 46.2 Å². The highest BCUT2D eigenvalue weighted by molar-refractivity contribution is 5.97. The summed E-state index contributed by atoms with van der Waals surface area (Å²) in [5.74, 6) is -0.731. The van der Waals surface area contributed by atoms with Crippen LogP contribution < -0.4 is 5.73 Å². The quantitative estimate of drug-likeness (QED) is 0.855. The average Bonchev–Trinajstić information content (AvgIpc) is 2.62. The summed E-state index contributed by atoms with van der Waals surface area (Å²) in [5, 5.41) is 10.5. The molecule has 0 spiro atoms. The van der Waals surface area contributed by atoms with Crippen LogP contribution in [0.3, 0.4) is 0 Å². The molecule has 126 valence electrons. The van der Waals surface area contributed by atoms with Gasteiger partial charge in [0, 0.05) is 17.7 Å². The van der Waals surface area contributed by atoms with Gasteiger partial charge in [0.05, 0.1) is 12.1 Å². The minimum Gasteiger partial charge on any atom is -0.386 e. The van der Waals surface area contributed by atoms with Crippen LogP contribution in [0.2, 0.25) is 0 Å². The maximum atomic E-state index is 12.7. The Morgan fingerprint density at radius 3 is 2.08 bits per heavy atom. The molecule has 0 radical (unpaired) electrons. The highest BCUT2D eigenvalue weighted by atomic mass is 16.3. The van der Waals surface area contributed by atoms with E-state index in [0.29, 0.717) is 17.7 Å². The normalized spacial score (nSPS) is 13.1. The van der Waals surface area contributed by atoms with Gasteiger partial charge in [-0.2, -0.15) is 0 Å². The van der Waals surface area contributed by atoms with Crippen LogP contribution in [0.25, 0.3) is 0 Å². The standard InChI is InChI=1S/C19H22N2O3/c1-3-21(13(2)17(22)14-7-5-4-6-8-14)19(24)16-11-9-15(10-12-16)18(20)23/h4-13,17,22H,3H2,1-2H3,(H2,20,23)/t13-,17-/m0/s1. The molecule has 24 heavy (non-hydrogen) atoms. The third kappa shape index (κ3) is 3.81. The maximum Gasteiger partial charge on any atom is 0.254 e. The second-order valence-corrected chi connectivity index (χ2v) is 5.63. The highest BCUT2D eigenvalue weighted by Gasteiger charge is 2.26. The number of aliphatic hydroxyl groups excluding tert-OH is 1. The molecule has 0 aliphatic heterocycles. The van der Waals surface area contributed by atoms with Gasteiger partial charge in [0.2, 0.25) is 5.91 Å². The predicted molar refractivity (Wildman–Crippen MR) is 92.5 cm³/mol. The molecule has 0 bridgehead atoms. The summed E-state index contributed by atoms with van der Waals surface area (Å²) in [6.07, 6.45) is -0.778. The molecule has 2 rings (SSSR count). The Bertz CT molecular complexity index is 698. The van der Waals surface area contributed by atoms with Crippen molar-refractivity contribution < 1.29 is 14.7 Å². The number of primary amides is 1. The number of carbonyl (C=O) groups is 2. The van der Waals surface area contributed by atoms with Gasteiger partial charge in [-0.25, -0.2) is 0 Å². The first kappa shape index (κ1) is 17.7. The van der Waals surface area contributed by atoms with E-state index in [4.69, 9.17) is 5.73 Å². The van der Waals surface area contributed by atoms with E-state index < -0.39 is 12.0 Å². The Balaban J connectivity index is 2.20. The zero-order valence-corrected chi connectivity index (χ0v) is 13.8. The molecule has 0 unspecified atom stereocenters. The second-order valence-electron chi connectivity index (χ2n) is 5.63. The van der Waals surface area contributed by atoms with E-state index in [9.17, 15) is 14.7 Å². The first-order valence-electron chi connectivity index (χ1n) is 7.89. The van der Waals surface area contributed by atoms with Crippen LogP contribution in [0.15, 0.2) is 54.6 Å². The van der Waals surface area contributed by atoms with E-state index in [1.165, 1.54) is 12.1 Å². The lowest BCUT2D eigenvalue weighted by Gasteiger charge is -2.32. The Labute approximate surface area is 141 Å². The highest BCUT2D eigenvalue weighted by Crippen LogP contribution is 2.22. The van der Waals surface area contributed by atoms with E-state index in [1.54, 1.807) is 17.0 Å². The molecule has 0 saturated carbocycles. The lowest BCUT2D eigenvalue weighted by Crippen LogP contribution is -2.42. The van der Waals surface area contributed by atoms with E-state index in [-0.39, 0.29) is 11.9 Å². The molecule has 2 amide bonds. The maximum absolute atomic E-state index is 12.7. The molecular weight excluding hydrogens is 304 g/mol. The van der Waals surface area contributed by atoms with Crippen molar-refractivity contribution in [3.8, 4) is 0 Å². The third-order valence-corrected chi connectivity index (χ3v) is 4.11. The monoisotopic (exact) mass is 326 g/mol. The number of amides is 2. The van der Waals surface area contributed by atoms with Gasteiger partial charge in [0.1, 0.15) is 0 Å². The minimum atomic E-state index is -0.778. The first-order valence-corrected chi connectivity index (χ1v) is 7.89. The van der Waals surface area contributed by atoms with Crippen molar-refractivity contribution in [2.24, 2.45) is 5.73 Å². The van der Waals surface area contributed by atoms with E-state index in [0.717, 1.165) is 5.56 Å². The lowest BCUT2D eigenvalue weighted by atomic mass is 10.0. The fourth-order valence-electron chi connectivity index (χ4n) is 2.66. The molecule has 0 aliphatic carbocycles. The van der Waals surface area contributed by atoms with Crippen molar-refractivity contribution in [3.05, 3.63) is 71.3 Å². The smallest absolute Gasteiger partial charge is 0.254 e. The van der Waals surface area contributed by atoms with Gasteiger partial charge in [-0.1, -0.05) is 30.3 Å². The summed E-state index contributed by atoms with van der Waals surface area (Å²) < 4.78 is 0. The molecule has 2 atom stereocenters. The summed E-state index contributed by atoms with van der Waals surface area (Å²) in [6.45, 7) is 4.14. The third-order valence-electron chi connectivity index (χ3n) is 4.11. The van der Waals surface area contributed by atoms with Gasteiger partial charge in [-0.05, 0) is 43.7 Å². The zero-order valence-electron chi connectivity index (χ0n) is 13.8. The molecule has 3 N–H and O–H groups in total. The van der Waals surface area contributed by atoms with Crippen LogP contribution in [-0.4, -0.2) is 34.4 Å². The number of nitrogens with zero attached hydrogens (tertiary/aromatic N) is 1. The van der Waals surface area contributed by atoms with Gasteiger partial charge in [-0.15, -0.1) is 0 Å². The van der Waals surface area contributed by atoms with E-state index in [1.807, 2.05) is 44.2 Å². The number of hydrogen-bond acceptors (Lipinski definition) is 3. The molecule has 2 aromatic carbocycles. The van der Waals surface area contributed by atoms with Crippen LogP contribution in [0.5, 0.6) is 0 Å². The van der Waals surface area contributed by atoms with Crippen molar-refractivity contribution in [1.82, 2.24) is 4.90 Å². The largest absolute Gasteiger partial charge is 0.386 e. The summed E-state index contributed by atoms with van der Waals surface area (Å²) in [5.41, 5.74) is 6.78. The fraction of sp³-hybridized carbons (Fsp3) is 0.263. The Morgan fingerprint density at radius 2 is 1.58 bits per heavy atom. The summed E-state index contributed by atoms with van der Waals surface area (Å²) in [4.78, 5) is 25.5. The number of aliphatic hydroxyl groups is 1. The number of carbonyl (C=O) groups excluding carboxylic acids is 2. The zero-order chi connectivity index (χ0) is 17.7. The molecule has 0 heterocycles. The Morgan fingerprint density at radius 1 is 1.04 bits per heavy atom. The van der Waals surface area contributed by atoms with E-state index >= 15 is 0 Å². The van der Waals surface area contributed by atoms with E-state index in [2.05, 4.69) is 0 Å². The summed E-state index contributed by atoms with van der Waals surface area (Å²) in [6, 6.07) is 15.1. The first-order chi connectivity index (χ1) is 11.5. The summed E-state index contributed by atoms with van der Waals surface area (Å²) in [7, 11) is 0. The average molecular weight is 326 g/mol. The molecule has 0 fully saturated rings. The molecule has 5 nitrogen and oxygen atoms in total. The van der Waals surface area contributed by atoms with Crippen molar-refractivity contribution in [2.45, 2.75) is 26.0 Å².